The fraction of sp³-hybridized carbons (Fsp3) is 0.254. The zero-order chi connectivity index (χ0) is 93.5. The molecular weight excluding hydrogens is 1670 g/mol. The Labute approximate surface area is 820 Å². The van der Waals surface area contributed by atoms with Crippen LogP contribution >= 0.6 is 0 Å². The molecule has 0 aromatic heterocycles. The van der Waals surface area contributed by atoms with E-state index in [9.17, 15) is 0 Å². The Morgan fingerprint density at radius 1 is 0.246 bits per heavy atom. The fourth-order valence-electron chi connectivity index (χ4n) is 28.0. The highest BCUT2D eigenvalue weighted by molar-refractivity contribution is 5.90. The molecule has 10 aliphatic carbocycles. The fourth-order valence-corrected chi connectivity index (χ4v) is 28.0. The maximum atomic E-state index is 4.04. The van der Waals surface area contributed by atoms with Gasteiger partial charge in [0.05, 0.1) is 0 Å². The first-order valence-corrected chi connectivity index (χ1v) is 51.5. The first kappa shape index (κ1) is 88.2. The largest absolute Gasteiger partial charge is 0.311 e. The lowest BCUT2D eigenvalue weighted by molar-refractivity contribution is -0.0282. The molecule has 0 aliphatic heterocycles. The molecule has 684 valence electrons. The average molecular weight is 1790 g/mol. The number of unbranched alkanes of at least 4 members (excludes halogenated alkanes) is 2. The predicted molar refractivity (Wildman–Crippen MR) is 584 cm³/mol. The van der Waals surface area contributed by atoms with E-state index in [2.05, 4.69) is 463 Å². The van der Waals surface area contributed by atoms with Gasteiger partial charge in [-0.25, -0.2) is 0 Å². The van der Waals surface area contributed by atoms with Crippen LogP contribution in [-0.4, -0.2) is 0 Å². The second kappa shape index (κ2) is 36.0. The number of fused-ring (bicyclic) bond motifs is 6. The van der Waals surface area contributed by atoms with E-state index in [0.717, 1.165) is 76.3 Å². The van der Waals surface area contributed by atoms with Gasteiger partial charge in [0.2, 0.25) is 0 Å². The van der Waals surface area contributed by atoms with Gasteiger partial charge in [0, 0.05) is 79.1 Å². The molecule has 10 aliphatic rings. The third-order valence-corrected chi connectivity index (χ3v) is 34.0. The van der Waals surface area contributed by atoms with Gasteiger partial charge in [-0.1, -0.05) is 316 Å². The number of hydrogen-bond donors (Lipinski definition) is 0. The Morgan fingerprint density at radius 2 is 0.500 bits per heavy atom. The topological polar surface area (TPSA) is 13.0 Å². The van der Waals surface area contributed by atoms with Gasteiger partial charge in [0.1, 0.15) is 0 Å². The molecule has 0 radical (unpaired) electrons. The number of nitrogens with zero attached hydrogens (tertiary/aromatic N) is 4. The minimum Gasteiger partial charge on any atom is -0.311 e. The van der Waals surface area contributed by atoms with Crippen LogP contribution in [0, 0.1) is 23.7 Å². The summed E-state index contributed by atoms with van der Waals surface area (Å²) < 4.78 is 0. The minimum absolute atomic E-state index is 0.0500. The van der Waals surface area contributed by atoms with E-state index in [0.29, 0.717) is 0 Å². The number of anilines is 12. The van der Waals surface area contributed by atoms with Gasteiger partial charge in [-0.2, -0.15) is 0 Å². The van der Waals surface area contributed by atoms with Crippen LogP contribution in [0.2, 0.25) is 0 Å². The van der Waals surface area contributed by atoms with Crippen molar-refractivity contribution in [3.63, 3.8) is 0 Å². The zero-order valence-corrected chi connectivity index (χ0v) is 81.3. The Hall–Kier alpha value is -13.8. The van der Waals surface area contributed by atoms with Crippen molar-refractivity contribution in [1.29, 1.82) is 0 Å². The van der Waals surface area contributed by atoms with Crippen molar-refractivity contribution in [2.75, 3.05) is 19.6 Å². The van der Waals surface area contributed by atoms with Crippen LogP contribution in [0.4, 0.5) is 68.2 Å². The Balaban J connectivity index is 0.000000157. The lowest BCUT2D eigenvalue weighted by atomic mass is 9.41. The van der Waals surface area contributed by atoms with Gasteiger partial charge in [-0.15, -0.1) is 0 Å². The lowest BCUT2D eigenvalue weighted by Gasteiger charge is -2.63. The van der Waals surface area contributed by atoms with Crippen LogP contribution in [0.1, 0.15) is 211 Å². The van der Waals surface area contributed by atoms with E-state index >= 15 is 0 Å². The molecule has 26 rings (SSSR count). The van der Waals surface area contributed by atoms with E-state index in [1.807, 2.05) is 12.2 Å². The first-order valence-electron chi connectivity index (χ1n) is 51.5. The number of aryl methyl sites for hydroxylation is 2. The van der Waals surface area contributed by atoms with Gasteiger partial charge in [-0.3, -0.25) is 0 Å². The van der Waals surface area contributed by atoms with Crippen LogP contribution in [0.25, 0.3) is 56.7 Å². The molecule has 8 fully saturated rings. The third kappa shape index (κ3) is 16.1. The summed E-state index contributed by atoms with van der Waals surface area (Å²) in [6, 6.07) is 147. The van der Waals surface area contributed by atoms with E-state index in [4.69, 9.17) is 0 Å². The van der Waals surface area contributed by atoms with Gasteiger partial charge >= 0.3 is 0 Å². The number of hydrogen-bond acceptors (Lipinski definition) is 4. The summed E-state index contributed by atoms with van der Waals surface area (Å²) in [6.07, 6.45) is 26.9. The Kier molecular flexibility index (Phi) is 23.0. The maximum absolute atomic E-state index is 4.04. The molecule has 0 heterocycles. The van der Waals surface area contributed by atoms with Crippen molar-refractivity contribution in [1.82, 2.24) is 0 Å². The summed E-state index contributed by atoms with van der Waals surface area (Å²) >= 11 is 0. The summed E-state index contributed by atoms with van der Waals surface area (Å²) in [5, 5.41) is 0. The molecule has 0 saturated heterocycles. The van der Waals surface area contributed by atoms with Crippen LogP contribution in [0.5, 0.6) is 0 Å². The minimum atomic E-state index is -0.0782. The van der Waals surface area contributed by atoms with Crippen molar-refractivity contribution in [3.05, 3.63) is 468 Å². The first-order chi connectivity index (χ1) is 67.4. The molecule has 4 nitrogen and oxygen atoms in total. The highest BCUT2D eigenvalue weighted by Crippen LogP contribution is 2.69. The van der Waals surface area contributed by atoms with Crippen molar-refractivity contribution >= 4 is 80.4 Å². The molecule has 16 aromatic rings. The highest BCUT2D eigenvalue weighted by Gasteiger charge is 2.60. The molecule has 0 spiro atoms. The summed E-state index contributed by atoms with van der Waals surface area (Å²) in [5.41, 5.74) is 42.0. The van der Waals surface area contributed by atoms with Gasteiger partial charge in [0.15, 0.2) is 0 Å². The molecule has 4 heteroatoms. The molecule has 4 atom stereocenters. The van der Waals surface area contributed by atoms with Crippen LogP contribution in [0.15, 0.2) is 401 Å². The van der Waals surface area contributed by atoms with E-state index in [-0.39, 0.29) is 32.5 Å². The smallest absolute Gasteiger partial charge is 0.0465 e. The molecule has 8 bridgehead atoms. The van der Waals surface area contributed by atoms with Crippen molar-refractivity contribution in [2.45, 2.75) is 190 Å². The monoisotopic (exact) mass is 1790 g/mol. The maximum Gasteiger partial charge on any atom is 0.0465 e. The highest BCUT2D eigenvalue weighted by atomic mass is 15.2. The Bertz CT molecular complexity index is 7080. The second-order valence-electron chi connectivity index (χ2n) is 43.3. The summed E-state index contributed by atoms with van der Waals surface area (Å²) in [6.45, 7) is 22.1. The van der Waals surface area contributed by atoms with E-state index in [1.165, 1.54) is 231 Å². The molecule has 8 saturated carbocycles. The molecule has 0 N–H and O–H groups in total. The zero-order valence-electron chi connectivity index (χ0n) is 81.3. The van der Waals surface area contributed by atoms with Crippen molar-refractivity contribution in [2.24, 2.45) is 23.7 Å². The average Bonchev–Trinajstić information content (AvgIpc) is 1.11. The molecule has 138 heavy (non-hydrogen) atoms. The van der Waals surface area contributed by atoms with Crippen molar-refractivity contribution in [3.8, 4) is 44.5 Å². The van der Waals surface area contributed by atoms with E-state index < -0.39 is 0 Å². The summed E-state index contributed by atoms with van der Waals surface area (Å²) in [4.78, 5) is 9.74. The predicted octanol–water partition coefficient (Wildman–Crippen LogP) is 36.7. The molecule has 0 amide bonds. The SMILES string of the molecule is C=Cc1ccc(C23CC4CC(C2)CC(c2ccc(N(c5ccc(CCCC)cc5)c5ccc(N(c6ccc(-c7ccccc7)cc6)c6ccc(-c7ccc8c(c7)C(C)(C)c7ccccc7-8)cc6)cc5)cc2)(C4)C3)cc1.C=Cc1ccc(C23CC4CC(C2)CC(c2ccc(N(c5ccc(CCCC)cc5)c5ccc(N(c6ccccc6)c6ccc7c(c6)C(C)(C)c6ccccc6-7)cc5)cc2)(C4)C3)cc1. The Morgan fingerprint density at radius 3 is 0.855 bits per heavy atom. The molecule has 16 aromatic carbocycles. The quantitative estimate of drug-likeness (QED) is 0.0536. The van der Waals surface area contributed by atoms with Crippen LogP contribution < -0.4 is 19.6 Å². The second-order valence-corrected chi connectivity index (χ2v) is 43.3. The van der Waals surface area contributed by atoms with Gasteiger partial charge in [0.25, 0.3) is 0 Å². The number of para-hydroxylation sites is 1. The van der Waals surface area contributed by atoms with E-state index in [1.54, 1.807) is 11.1 Å². The normalized spacial score (nSPS) is 21.4. The third-order valence-electron chi connectivity index (χ3n) is 34.0. The van der Waals surface area contributed by atoms with Crippen LogP contribution in [0.3, 0.4) is 0 Å². The molecular formula is C134H128N4. The number of rotatable bonds is 26. The lowest BCUT2D eigenvalue weighted by Crippen LogP contribution is -2.55. The van der Waals surface area contributed by atoms with Gasteiger partial charge < -0.3 is 19.6 Å². The standard InChI is InChI=1S/C73H68N2.C61H60N2/c1-5-7-13-52-20-31-61(32-21-52)74(64-37-29-60(30-38-64)73-48-53-44-54(49-73)47-72(46-53,50-73)59-27-18-51(6-2)19-28-59)65-39-41-66(42-40-65)75(62-33-22-56(23-34-62)55-14-9-8-10-15-55)63-35-24-57(25-36-63)58-26-43-68-67-16-11-12-17-69(67)71(3,4)70(68)45-58;1-5-7-13-44-20-26-50(27-21-44)62(51-28-24-48(25-29-51)61-40-45-36-46(41-61)39-60(38-45,42-61)47-22-18-43(6-2)19-23-47)52-30-32-53(33-31-52)63(49-14-9-8-10-15-49)54-34-35-56-55-16-11-12-17-57(55)59(3,4)58(56)37-54/h6,8-12,14-43,45,53-54H,2,5,7,13,44,46-50H2,1,3-4H3;6,8-12,14-35,37,45-46H,2,5,7,13,36,38-42H2,1,3-4H3. The summed E-state index contributed by atoms with van der Waals surface area (Å²) in [7, 11) is 0. The number of benzene rings is 16. The van der Waals surface area contributed by atoms with Crippen molar-refractivity contribution < 1.29 is 0 Å². The van der Waals surface area contributed by atoms with Crippen LogP contribution in [-0.2, 0) is 45.3 Å². The molecule has 4 unspecified atom stereocenters. The summed E-state index contributed by atoms with van der Waals surface area (Å²) in [5.74, 6) is 3.20. The van der Waals surface area contributed by atoms with Gasteiger partial charge in [-0.05, 0) is 411 Å².